The minimum Gasteiger partial charge on any atom is -0.453 e. The molecule has 0 aliphatic rings. The molecular weight excluding hydrogens is 396 g/mol. The smallest absolute Gasteiger partial charge is 0.234 e. The highest BCUT2D eigenvalue weighted by molar-refractivity contribution is 7.99. The Balaban J connectivity index is 1.48. The number of benzene rings is 2. The molecule has 0 saturated carbocycles. The predicted molar refractivity (Wildman–Crippen MR) is 121 cm³/mol. The molecule has 0 saturated heterocycles. The molecule has 2 heterocycles. The average Bonchev–Trinajstić information content (AvgIpc) is 3.35. The summed E-state index contributed by atoms with van der Waals surface area (Å²) in [6.07, 6.45) is 0. The topological polar surface area (TPSA) is 73.0 Å². The van der Waals surface area contributed by atoms with Crippen molar-refractivity contribution in [1.82, 2.24) is 14.8 Å². The molecule has 0 spiro atoms. The Kier molecular flexibility index (Phi) is 5.90. The van der Waals surface area contributed by atoms with Gasteiger partial charge in [-0.05, 0) is 36.6 Å². The Morgan fingerprint density at radius 1 is 1.13 bits per heavy atom. The molecule has 30 heavy (non-hydrogen) atoms. The van der Waals surface area contributed by atoms with Crippen molar-refractivity contribution >= 4 is 34.3 Å². The van der Waals surface area contributed by atoms with Crippen molar-refractivity contribution < 1.29 is 9.21 Å². The Morgan fingerprint density at radius 3 is 2.67 bits per heavy atom. The number of furan rings is 1. The van der Waals surface area contributed by atoms with Gasteiger partial charge in [-0.1, -0.05) is 62.0 Å². The van der Waals surface area contributed by atoms with Crippen LogP contribution in [0.15, 0.2) is 64.2 Å². The third-order valence-electron chi connectivity index (χ3n) is 4.87. The third kappa shape index (κ3) is 4.11. The summed E-state index contributed by atoms with van der Waals surface area (Å²) in [6.45, 7) is 6.93. The lowest BCUT2D eigenvalue weighted by molar-refractivity contribution is -0.113. The Bertz CT molecular complexity index is 1150. The van der Waals surface area contributed by atoms with E-state index in [1.165, 1.54) is 11.8 Å². The quantitative estimate of drug-likeness (QED) is 0.396. The molecule has 154 valence electrons. The maximum atomic E-state index is 12.5. The first-order valence-corrected chi connectivity index (χ1v) is 11.0. The normalized spacial score (nSPS) is 11.3. The molecule has 4 aromatic rings. The van der Waals surface area contributed by atoms with Crippen molar-refractivity contribution in [2.45, 2.75) is 38.4 Å². The second kappa shape index (κ2) is 8.75. The van der Waals surface area contributed by atoms with Crippen molar-refractivity contribution in [2.24, 2.45) is 0 Å². The van der Waals surface area contributed by atoms with E-state index in [9.17, 15) is 4.79 Å². The number of rotatable bonds is 7. The highest BCUT2D eigenvalue weighted by atomic mass is 32.2. The number of nitrogens with one attached hydrogen (secondary N) is 1. The van der Waals surface area contributed by atoms with Crippen molar-refractivity contribution in [3.63, 3.8) is 0 Å². The number of fused-ring (bicyclic) bond motifs is 1. The van der Waals surface area contributed by atoms with Crippen LogP contribution >= 0.6 is 11.8 Å². The Morgan fingerprint density at radius 2 is 1.90 bits per heavy atom. The van der Waals surface area contributed by atoms with Gasteiger partial charge in [0.25, 0.3) is 0 Å². The molecule has 0 unspecified atom stereocenters. The van der Waals surface area contributed by atoms with E-state index >= 15 is 0 Å². The Labute approximate surface area is 179 Å². The number of carbonyl (C=O) groups excluding carboxylic acids is 1. The lowest BCUT2D eigenvalue weighted by atomic mass is 10.0. The first-order valence-electron chi connectivity index (χ1n) is 10.0. The average molecular weight is 421 g/mol. The molecule has 4 rings (SSSR count). The zero-order valence-electron chi connectivity index (χ0n) is 17.3. The van der Waals surface area contributed by atoms with Crippen LogP contribution in [0.3, 0.4) is 0 Å². The fourth-order valence-corrected chi connectivity index (χ4v) is 4.19. The largest absolute Gasteiger partial charge is 0.453 e. The molecule has 2 aromatic carbocycles. The fraction of sp³-hybridized carbons (Fsp3) is 0.261. The van der Waals surface area contributed by atoms with E-state index in [-0.39, 0.29) is 11.7 Å². The second-order valence-electron chi connectivity index (χ2n) is 7.28. The van der Waals surface area contributed by atoms with Crippen molar-refractivity contribution in [1.29, 1.82) is 0 Å². The van der Waals surface area contributed by atoms with Crippen molar-refractivity contribution in [3.8, 4) is 11.6 Å². The first kappa shape index (κ1) is 20.2. The number of amides is 1. The SMILES string of the molecule is CCn1c(SCC(=O)Nc2ccccc2C(C)C)nnc1-c1cc2ccccc2o1. The highest BCUT2D eigenvalue weighted by Gasteiger charge is 2.18. The lowest BCUT2D eigenvalue weighted by Crippen LogP contribution is -2.16. The van der Waals surface area contributed by atoms with Gasteiger partial charge in [-0.3, -0.25) is 9.36 Å². The van der Waals surface area contributed by atoms with Gasteiger partial charge in [-0.2, -0.15) is 0 Å². The summed E-state index contributed by atoms with van der Waals surface area (Å²) in [7, 11) is 0. The van der Waals surface area contributed by atoms with Gasteiger partial charge in [0, 0.05) is 17.6 Å². The van der Waals surface area contributed by atoms with Gasteiger partial charge in [0.15, 0.2) is 10.9 Å². The van der Waals surface area contributed by atoms with E-state index < -0.39 is 0 Å². The van der Waals surface area contributed by atoms with Crippen LogP contribution in [-0.2, 0) is 11.3 Å². The maximum Gasteiger partial charge on any atom is 0.234 e. The van der Waals surface area contributed by atoms with Gasteiger partial charge >= 0.3 is 0 Å². The summed E-state index contributed by atoms with van der Waals surface area (Å²) in [4.78, 5) is 12.5. The zero-order chi connectivity index (χ0) is 21.1. The van der Waals surface area contributed by atoms with Gasteiger partial charge in [0.2, 0.25) is 11.7 Å². The summed E-state index contributed by atoms with van der Waals surface area (Å²) in [6, 6.07) is 17.7. The number of aromatic nitrogens is 3. The number of para-hydroxylation sites is 2. The Hall–Kier alpha value is -3.06. The zero-order valence-corrected chi connectivity index (χ0v) is 18.1. The monoisotopic (exact) mass is 420 g/mol. The molecule has 7 heteroatoms. The molecule has 1 N–H and O–H groups in total. The molecule has 0 bridgehead atoms. The summed E-state index contributed by atoms with van der Waals surface area (Å²) in [5.74, 6) is 1.87. The molecule has 0 radical (unpaired) electrons. The molecule has 0 fully saturated rings. The van der Waals surface area contributed by atoms with Gasteiger partial charge in [-0.25, -0.2) is 0 Å². The van der Waals surface area contributed by atoms with E-state index in [4.69, 9.17) is 4.42 Å². The van der Waals surface area contributed by atoms with Gasteiger partial charge in [-0.15, -0.1) is 10.2 Å². The molecule has 1 amide bonds. The summed E-state index contributed by atoms with van der Waals surface area (Å²) >= 11 is 1.37. The fourth-order valence-electron chi connectivity index (χ4n) is 3.39. The molecule has 0 aliphatic heterocycles. The van der Waals surface area contributed by atoms with Crippen LogP contribution < -0.4 is 5.32 Å². The van der Waals surface area contributed by atoms with Gasteiger partial charge in [0.1, 0.15) is 5.58 Å². The minimum absolute atomic E-state index is 0.0657. The summed E-state index contributed by atoms with van der Waals surface area (Å²) in [5, 5.41) is 13.4. The van der Waals surface area contributed by atoms with Gasteiger partial charge in [0.05, 0.1) is 5.75 Å². The van der Waals surface area contributed by atoms with Crippen LogP contribution in [0.25, 0.3) is 22.6 Å². The van der Waals surface area contributed by atoms with Crippen LogP contribution in [0.5, 0.6) is 0 Å². The van der Waals surface area contributed by atoms with Crippen LogP contribution in [-0.4, -0.2) is 26.4 Å². The lowest BCUT2D eigenvalue weighted by Gasteiger charge is -2.13. The first-order chi connectivity index (χ1) is 14.6. The maximum absolute atomic E-state index is 12.5. The second-order valence-corrected chi connectivity index (χ2v) is 8.22. The standard InChI is InChI=1S/C23H24N4O2S/c1-4-27-22(20-13-16-9-5-8-12-19(16)29-20)25-26-23(27)30-14-21(28)24-18-11-7-6-10-17(18)15(2)3/h5-13,15H,4,14H2,1-3H3,(H,24,28). The molecular formula is C23H24N4O2S. The third-order valence-corrected chi connectivity index (χ3v) is 5.83. The number of thioether (sulfide) groups is 1. The van der Waals surface area contributed by atoms with E-state index in [1.54, 1.807) is 0 Å². The summed E-state index contributed by atoms with van der Waals surface area (Å²) in [5.41, 5.74) is 2.80. The number of hydrogen-bond donors (Lipinski definition) is 1. The van der Waals surface area contributed by atoms with Crippen molar-refractivity contribution in [3.05, 3.63) is 60.2 Å². The number of hydrogen-bond acceptors (Lipinski definition) is 5. The highest BCUT2D eigenvalue weighted by Crippen LogP contribution is 2.29. The number of nitrogens with zero attached hydrogens (tertiary/aromatic N) is 3. The van der Waals surface area contributed by atoms with Crippen LogP contribution in [0.4, 0.5) is 5.69 Å². The summed E-state index contributed by atoms with van der Waals surface area (Å²) < 4.78 is 7.91. The van der Waals surface area contributed by atoms with E-state index in [0.29, 0.717) is 29.2 Å². The van der Waals surface area contributed by atoms with Crippen molar-refractivity contribution in [2.75, 3.05) is 11.1 Å². The van der Waals surface area contributed by atoms with E-state index in [2.05, 4.69) is 29.4 Å². The number of carbonyl (C=O) groups is 1. The van der Waals surface area contributed by atoms with E-state index in [1.807, 2.05) is 66.1 Å². The molecule has 6 nitrogen and oxygen atoms in total. The van der Waals surface area contributed by atoms with Crippen LogP contribution in [0, 0.1) is 0 Å². The molecule has 0 atom stereocenters. The molecule has 2 aromatic heterocycles. The van der Waals surface area contributed by atoms with Crippen LogP contribution in [0.1, 0.15) is 32.3 Å². The number of anilines is 1. The van der Waals surface area contributed by atoms with E-state index in [0.717, 1.165) is 22.2 Å². The molecule has 0 aliphatic carbocycles. The van der Waals surface area contributed by atoms with Gasteiger partial charge < -0.3 is 9.73 Å². The minimum atomic E-state index is -0.0657. The predicted octanol–water partition coefficient (Wildman–Crippen LogP) is 5.57. The van der Waals surface area contributed by atoms with Crippen LogP contribution in [0.2, 0.25) is 0 Å².